The number of carbonyl (C=O) groups excluding carboxylic acids is 1. The predicted molar refractivity (Wildman–Crippen MR) is 96.1 cm³/mol. The average Bonchev–Trinajstić information content (AvgIpc) is 2.69. The van der Waals surface area contributed by atoms with Gasteiger partial charge in [0.05, 0.1) is 12.3 Å². The van der Waals surface area contributed by atoms with Gasteiger partial charge < -0.3 is 10.1 Å². The van der Waals surface area contributed by atoms with Crippen LogP contribution in [0.25, 0.3) is 0 Å². The molecule has 7 heteroatoms. The predicted octanol–water partition coefficient (Wildman–Crippen LogP) is 1.74. The van der Waals surface area contributed by atoms with Crippen molar-refractivity contribution in [3.8, 4) is 0 Å². The summed E-state index contributed by atoms with van der Waals surface area (Å²) < 4.78 is 5.97. The number of rotatable bonds is 4. The fraction of sp³-hybridized carbons (Fsp3) is 0.474. The third-order valence-electron chi connectivity index (χ3n) is 5.26. The quantitative estimate of drug-likeness (QED) is 0.902. The number of likely N-dealkylation sites (tertiary alicyclic amines) is 1. The maximum Gasteiger partial charge on any atom is 0.229 e. The normalized spacial score (nSPS) is 26.1. The Bertz CT molecular complexity index is 727. The van der Waals surface area contributed by atoms with Crippen LogP contribution in [0.15, 0.2) is 43.1 Å². The number of nitrogens with one attached hydrogen (secondary N) is 1. The Morgan fingerprint density at radius 1 is 1.19 bits per heavy atom. The molecule has 0 spiro atoms. The van der Waals surface area contributed by atoms with Crippen LogP contribution in [-0.4, -0.2) is 51.6 Å². The monoisotopic (exact) mass is 353 g/mol. The molecule has 0 bridgehead atoms. The molecule has 7 nitrogen and oxygen atoms in total. The lowest BCUT2D eigenvalue weighted by molar-refractivity contribution is -0.137. The summed E-state index contributed by atoms with van der Waals surface area (Å²) in [5.41, 5.74) is 1.25. The van der Waals surface area contributed by atoms with Crippen LogP contribution >= 0.6 is 0 Å². The van der Waals surface area contributed by atoms with E-state index in [9.17, 15) is 4.79 Å². The molecule has 0 radical (unpaired) electrons. The molecule has 2 fully saturated rings. The molecule has 2 aliphatic heterocycles. The Balaban J connectivity index is 1.43. The first-order valence-electron chi connectivity index (χ1n) is 9.09. The van der Waals surface area contributed by atoms with Crippen molar-refractivity contribution in [2.75, 3.05) is 25.0 Å². The summed E-state index contributed by atoms with van der Waals surface area (Å²) in [4.78, 5) is 27.5. The van der Waals surface area contributed by atoms with Crippen LogP contribution in [0.3, 0.4) is 0 Å². The van der Waals surface area contributed by atoms with Gasteiger partial charge in [0.1, 0.15) is 0 Å². The van der Waals surface area contributed by atoms with Crippen molar-refractivity contribution < 1.29 is 9.53 Å². The second-order valence-corrected chi connectivity index (χ2v) is 6.93. The number of carbonyl (C=O) groups is 1. The summed E-state index contributed by atoms with van der Waals surface area (Å²) in [7, 11) is 0. The van der Waals surface area contributed by atoms with E-state index in [0.717, 1.165) is 32.5 Å². The number of ether oxygens (including phenoxy) is 1. The molecule has 0 saturated carbocycles. The highest BCUT2D eigenvalue weighted by atomic mass is 16.5. The Morgan fingerprint density at radius 2 is 2.08 bits per heavy atom. The van der Waals surface area contributed by atoms with Gasteiger partial charge in [-0.05, 0) is 30.5 Å². The van der Waals surface area contributed by atoms with E-state index in [1.807, 2.05) is 24.5 Å². The van der Waals surface area contributed by atoms with Crippen molar-refractivity contribution in [3.63, 3.8) is 0 Å². The zero-order chi connectivity index (χ0) is 17.8. The highest BCUT2D eigenvalue weighted by molar-refractivity contribution is 5.91. The lowest BCUT2D eigenvalue weighted by Gasteiger charge is -2.44. The number of pyridine rings is 1. The number of aromatic nitrogens is 3. The van der Waals surface area contributed by atoms with Gasteiger partial charge in [0.2, 0.25) is 5.91 Å². The van der Waals surface area contributed by atoms with Gasteiger partial charge in [-0.3, -0.25) is 19.7 Å². The van der Waals surface area contributed by atoms with E-state index in [0.29, 0.717) is 12.4 Å². The molecule has 4 heterocycles. The van der Waals surface area contributed by atoms with E-state index >= 15 is 0 Å². The molecule has 0 aromatic carbocycles. The Morgan fingerprint density at radius 3 is 2.88 bits per heavy atom. The van der Waals surface area contributed by atoms with Crippen molar-refractivity contribution in [1.82, 2.24) is 19.9 Å². The van der Waals surface area contributed by atoms with E-state index < -0.39 is 0 Å². The maximum atomic E-state index is 12.8. The van der Waals surface area contributed by atoms with Crippen LogP contribution in [0.2, 0.25) is 0 Å². The zero-order valence-electron chi connectivity index (χ0n) is 14.6. The van der Waals surface area contributed by atoms with Gasteiger partial charge in [-0.1, -0.05) is 0 Å². The lowest BCUT2D eigenvalue weighted by Crippen LogP contribution is -2.52. The third kappa shape index (κ3) is 3.89. The first-order valence-corrected chi connectivity index (χ1v) is 9.09. The van der Waals surface area contributed by atoms with Crippen LogP contribution in [0.1, 0.15) is 18.4 Å². The van der Waals surface area contributed by atoms with Crippen molar-refractivity contribution >= 4 is 11.7 Å². The minimum atomic E-state index is -0.0593. The molecule has 136 valence electrons. The van der Waals surface area contributed by atoms with Crippen LogP contribution < -0.4 is 5.32 Å². The van der Waals surface area contributed by atoms with Crippen LogP contribution in [0, 0.1) is 11.8 Å². The number of anilines is 1. The minimum absolute atomic E-state index is 0.0227. The summed E-state index contributed by atoms with van der Waals surface area (Å²) in [6.45, 7) is 3.38. The Labute approximate surface area is 152 Å². The van der Waals surface area contributed by atoms with Gasteiger partial charge >= 0.3 is 0 Å². The van der Waals surface area contributed by atoms with Crippen LogP contribution in [0.5, 0.6) is 0 Å². The van der Waals surface area contributed by atoms with Crippen LogP contribution in [-0.2, 0) is 16.1 Å². The van der Waals surface area contributed by atoms with Gasteiger partial charge in [0.25, 0.3) is 0 Å². The van der Waals surface area contributed by atoms with Gasteiger partial charge in [-0.15, -0.1) is 0 Å². The Hall–Kier alpha value is -2.38. The van der Waals surface area contributed by atoms with Gasteiger partial charge in [-0.2, -0.15) is 0 Å². The smallest absolute Gasteiger partial charge is 0.229 e. The van der Waals surface area contributed by atoms with Crippen molar-refractivity contribution in [2.45, 2.75) is 25.5 Å². The molecule has 2 saturated heterocycles. The van der Waals surface area contributed by atoms with Crippen molar-refractivity contribution in [3.05, 3.63) is 48.7 Å². The molecule has 1 amide bonds. The molecular formula is C19H23N5O2. The first-order chi connectivity index (χ1) is 12.8. The summed E-state index contributed by atoms with van der Waals surface area (Å²) in [6.07, 6.45) is 10.3. The van der Waals surface area contributed by atoms with Gasteiger partial charge in [-0.25, -0.2) is 4.98 Å². The third-order valence-corrected chi connectivity index (χ3v) is 5.26. The SMILES string of the molecule is O=C(Nc1cnccn1)[C@@H]1CCO[C@@H]2CCN(Cc3ccncc3)C[C@@H]21. The number of hydrogen-bond acceptors (Lipinski definition) is 6. The van der Waals surface area contributed by atoms with E-state index in [-0.39, 0.29) is 23.8 Å². The molecule has 4 rings (SSSR count). The summed E-state index contributed by atoms with van der Waals surface area (Å²) in [6, 6.07) is 4.09. The van der Waals surface area contributed by atoms with E-state index in [1.54, 1.807) is 18.6 Å². The number of amides is 1. The highest BCUT2D eigenvalue weighted by Gasteiger charge is 2.41. The Kier molecular flexibility index (Phi) is 5.17. The number of hydrogen-bond donors (Lipinski definition) is 1. The fourth-order valence-electron chi connectivity index (χ4n) is 3.98. The fourth-order valence-corrected chi connectivity index (χ4v) is 3.98. The molecule has 2 aliphatic rings. The van der Waals surface area contributed by atoms with E-state index in [1.165, 1.54) is 5.56 Å². The van der Waals surface area contributed by atoms with Gasteiger partial charge in [0.15, 0.2) is 5.82 Å². The lowest BCUT2D eigenvalue weighted by atomic mass is 9.79. The van der Waals surface area contributed by atoms with Crippen molar-refractivity contribution in [2.24, 2.45) is 11.8 Å². The number of fused-ring (bicyclic) bond motifs is 1. The molecule has 26 heavy (non-hydrogen) atoms. The van der Waals surface area contributed by atoms with E-state index in [2.05, 4.69) is 25.2 Å². The molecule has 0 aliphatic carbocycles. The molecule has 2 aromatic rings. The number of nitrogens with zero attached hydrogens (tertiary/aromatic N) is 4. The molecule has 1 N–H and O–H groups in total. The van der Waals surface area contributed by atoms with Gasteiger partial charge in [0, 0.05) is 62.9 Å². The molecular weight excluding hydrogens is 330 g/mol. The van der Waals surface area contributed by atoms with Crippen molar-refractivity contribution in [1.29, 1.82) is 0 Å². The van der Waals surface area contributed by atoms with Crippen LogP contribution in [0.4, 0.5) is 5.82 Å². The minimum Gasteiger partial charge on any atom is -0.378 e. The standard InChI is InChI=1S/C19H23N5O2/c25-19(23-18-11-21-7-8-22-18)15-4-10-26-17-3-9-24(13-16(15)17)12-14-1-5-20-6-2-14/h1-2,5-8,11,15-17H,3-4,9-10,12-13H2,(H,22,23,25)/t15-,16-,17-/m1/s1. The van der Waals surface area contributed by atoms with E-state index in [4.69, 9.17) is 4.74 Å². The summed E-state index contributed by atoms with van der Waals surface area (Å²) in [5.74, 6) is 0.673. The molecule has 3 atom stereocenters. The number of piperidine rings is 1. The maximum absolute atomic E-state index is 12.8. The largest absolute Gasteiger partial charge is 0.378 e. The average molecular weight is 353 g/mol. The molecule has 0 unspecified atom stereocenters. The highest BCUT2D eigenvalue weighted by Crippen LogP contribution is 2.34. The topological polar surface area (TPSA) is 80.2 Å². The first kappa shape index (κ1) is 17.1. The zero-order valence-corrected chi connectivity index (χ0v) is 14.6. The molecule has 2 aromatic heterocycles. The second-order valence-electron chi connectivity index (χ2n) is 6.93. The summed E-state index contributed by atoms with van der Waals surface area (Å²) in [5, 5.41) is 2.91. The second kappa shape index (κ2) is 7.88. The summed E-state index contributed by atoms with van der Waals surface area (Å²) >= 11 is 0.